The van der Waals surface area contributed by atoms with E-state index < -0.39 is 5.97 Å². The zero-order valence-electron chi connectivity index (χ0n) is 17.1. The summed E-state index contributed by atoms with van der Waals surface area (Å²) in [6.07, 6.45) is 0.903. The molecule has 1 N–H and O–H groups in total. The molecule has 0 spiro atoms. The van der Waals surface area contributed by atoms with Crippen LogP contribution < -0.4 is 4.74 Å². The van der Waals surface area contributed by atoms with E-state index in [1.165, 1.54) is 4.90 Å². The molecule has 0 saturated carbocycles. The number of hydrogen-bond acceptors (Lipinski definition) is 4. The van der Waals surface area contributed by atoms with Crippen LogP contribution >= 0.6 is 0 Å². The van der Waals surface area contributed by atoms with Crippen LogP contribution in [0.15, 0.2) is 18.2 Å². The minimum absolute atomic E-state index is 0.0369. The average molecular weight is 390 g/mol. The fourth-order valence-electron chi connectivity index (χ4n) is 3.26. The van der Waals surface area contributed by atoms with Gasteiger partial charge in [0.25, 0.3) is 5.91 Å². The number of ether oxygens (including phenoxy) is 1. The zero-order valence-corrected chi connectivity index (χ0v) is 17.1. The summed E-state index contributed by atoms with van der Waals surface area (Å²) >= 11 is 0. The third-order valence-electron chi connectivity index (χ3n) is 5.14. The van der Waals surface area contributed by atoms with Crippen LogP contribution in [0.25, 0.3) is 0 Å². The zero-order chi connectivity index (χ0) is 20.8. The van der Waals surface area contributed by atoms with Crippen molar-refractivity contribution in [3.8, 4) is 5.75 Å². The fourth-order valence-corrected chi connectivity index (χ4v) is 3.26. The van der Waals surface area contributed by atoms with E-state index in [4.69, 9.17) is 9.84 Å². The molecule has 1 saturated heterocycles. The topological polar surface area (TPSA) is 87.2 Å². The molecule has 1 fully saturated rings. The molecule has 0 unspecified atom stereocenters. The van der Waals surface area contributed by atoms with Gasteiger partial charge in [0, 0.05) is 20.1 Å². The van der Waals surface area contributed by atoms with E-state index >= 15 is 0 Å². The summed E-state index contributed by atoms with van der Waals surface area (Å²) in [5.74, 6) is -0.671. The molecule has 1 aliphatic heterocycles. The Balaban J connectivity index is 1.86. The molecule has 2 amide bonds. The van der Waals surface area contributed by atoms with Crippen molar-refractivity contribution in [2.75, 3.05) is 33.3 Å². The number of amides is 2. The van der Waals surface area contributed by atoms with Crippen molar-refractivity contribution in [2.24, 2.45) is 5.92 Å². The lowest BCUT2D eigenvalue weighted by atomic mass is 9.97. The first-order valence-corrected chi connectivity index (χ1v) is 9.67. The van der Waals surface area contributed by atoms with Crippen molar-refractivity contribution < 1.29 is 24.2 Å². The summed E-state index contributed by atoms with van der Waals surface area (Å²) in [6.45, 7) is 6.76. The van der Waals surface area contributed by atoms with Gasteiger partial charge in [-0.1, -0.05) is 26.0 Å². The van der Waals surface area contributed by atoms with Crippen LogP contribution in [0.3, 0.4) is 0 Å². The summed E-state index contributed by atoms with van der Waals surface area (Å²) in [5, 5.41) is 9.03. The van der Waals surface area contributed by atoms with Crippen LogP contribution in [0.2, 0.25) is 0 Å². The number of carbonyl (C=O) groups is 3. The van der Waals surface area contributed by atoms with Crippen LogP contribution in [-0.4, -0.2) is 66.0 Å². The molecule has 28 heavy (non-hydrogen) atoms. The van der Waals surface area contributed by atoms with Crippen molar-refractivity contribution in [1.29, 1.82) is 0 Å². The molecule has 7 heteroatoms. The van der Waals surface area contributed by atoms with E-state index in [1.54, 1.807) is 11.9 Å². The van der Waals surface area contributed by atoms with Gasteiger partial charge in [-0.25, -0.2) is 0 Å². The van der Waals surface area contributed by atoms with E-state index in [-0.39, 0.29) is 36.8 Å². The smallest absolute Gasteiger partial charge is 0.306 e. The monoisotopic (exact) mass is 390 g/mol. The Bertz CT molecular complexity index is 724. The van der Waals surface area contributed by atoms with E-state index in [1.807, 2.05) is 25.1 Å². The van der Waals surface area contributed by atoms with Gasteiger partial charge in [-0.15, -0.1) is 0 Å². The lowest BCUT2D eigenvalue weighted by Gasteiger charge is -2.31. The predicted molar refractivity (Wildman–Crippen MR) is 105 cm³/mol. The Morgan fingerprint density at radius 2 is 1.89 bits per heavy atom. The van der Waals surface area contributed by atoms with Crippen molar-refractivity contribution in [3.05, 3.63) is 29.3 Å². The maximum atomic E-state index is 12.4. The second-order valence-electron chi connectivity index (χ2n) is 7.73. The predicted octanol–water partition coefficient (Wildman–Crippen LogP) is 2.28. The molecular formula is C21H30N2O5. The van der Waals surface area contributed by atoms with Gasteiger partial charge in [-0.3, -0.25) is 14.4 Å². The minimum Gasteiger partial charge on any atom is -0.483 e. The highest BCUT2D eigenvalue weighted by atomic mass is 16.5. The Kier molecular flexibility index (Phi) is 7.43. The van der Waals surface area contributed by atoms with Crippen LogP contribution in [0, 0.1) is 12.8 Å². The number of hydrogen-bond donors (Lipinski definition) is 1. The van der Waals surface area contributed by atoms with E-state index in [0.717, 1.165) is 11.1 Å². The number of carbonyl (C=O) groups excluding carboxylic acids is 2. The first-order chi connectivity index (χ1) is 13.2. The maximum Gasteiger partial charge on any atom is 0.306 e. The largest absolute Gasteiger partial charge is 0.483 e. The van der Waals surface area contributed by atoms with E-state index in [2.05, 4.69) is 13.8 Å². The van der Waals surface area contributed by atoms with Crippen molar-refractivity contribution in [1.82, 2.24) is 9.80 Å². The number of aliphatic carboxylic acids is 1. The molecular weight excluding hydrogens is 360 g/mol. The molecule has 1 aliphatic rings. The number of likely N-dealkylation sites (tertiary alicyclic amines) is 1. The Hall–Kier alpha value is -2.57. The highest BCUT2D eigenvalue weighted by molar-refractivity contribution is 5.85. The van der Waals surface area contributed by atoms with Crippen LogP contribution in [0.4, 0.5) is 0 Å². The van der Waals surface area contributed by atoms with Gasteiger partial charge < -0.3 is 19.6 Å². The number of nitrogens with zero attached hydrogens (tertiary/aromatic N) is 2. The molecule has 2 rings (SSSR count). The summed E-state index contributed by atoms with van der Waals surface area (Å²) in [7, 11) is 1.58. The minimum atomic E-state index is -0.812. The molecule has 1 heterocycles. The lowest BCUT2D eigenvalue weighted by Crippen LogP contribution is -2.46. The van der Waals surface area contributed by atoms with Gasteiger partial charge in [0.1, 0.15) is 5.75 Å². The highest BCUT2D eigenvalue weighted by Gasteiger charge is 2.28. The molecule has 0 aliphatic carbocycles. The summed E-state index contributed by atoms with van der Waals surface area (Å²) in [4.78, 5) is 38.8. The Labute approximate surface area is 166 Å². The third kappa shape index (κ3) is 5.71. The van der Waals surface area contributed by atoms with Crippen LogP contribution in [0.5, 0.6) is 5.75 Å². The van der Waals surface area contributed by atoms with Crippen LogP contribution in [-0.2, 0) is 14.4 Å². The Morgan fingerprint density at radius 3 is 2.46 bits per heavy atom. The summed E-state index contributed by atoms with van der Waals surface area (Å²) < 4.78 is 5.75. The number of piperidine rings is 1. The first-order valence-electron chi connectivity index (χ1n) is 9.67. The third-order valence-corrected chi connectivity index (χ3v) is 5.14. The number of carboxylic acid groups (broad SMARTS) is 1. The Morgan fingerprint density at radius 1 is 1.25 bits per heavy atom. The standard InChI is InChI=1S/C21H30N2O5/c1-14(2)17-6-5-15(3)11-18(17)28-13-20(25)22(4)12-19(24)23-9-7-16(8-10-23)21(26)27/h5-6,11,14,16H,7-10,12-13H2,1-4H3,(H,26,27). The van der Waals surface area contributed by atoms with Gasteiger partial charge in [0.05, 0.1) is 12.5 Å². The molecule has 0 radical (unpaired) electrons. The van der Waals surface area contributed by atoms with Crippen LogP contribution in [0.1, 0.15) is 43.7 Å². The van der Waals surface area contributed by atoms with Gasteiger partial charge in [0.15, 0.2) is 6.61 Å². The second-order valence-corrected chi connectivity index (χ2v) is 7.73. The van der Waals surface area contributed by atoms with Crippen molar-refractivity contribution >= 4 is 17.8 Å². The SMILES string of the molecule is Cc1ccc(C(C)C)c(OCC(=O)N(C)CC(=O)N2CCC(C(=O)O)CC2)c1. The quantitative estimate of drug-likeness (QED) is 0.772. The molecule has 1 aromatic carbocycles. The van der Waals surface area contributed by atoms with Crippen molar-refractivity contribution in [3.63, 3.8) is 0 Å². The molecule has 154 valence electrons. The number of carboxylic acids is 1. The number of benzene rings is 1. The second kappa shape index (κ2) is 9.57. The molecule has 0 atom stereocenters. The van der Waals surface area contributed by atoms with E-state index in [0.29, 0.717) is 31.7 Å². The number of rotatable bonds is 7. The van der Waals surface area contributed by atoms with Gasteiger partial charge >= 0.3 is 5.97 Å². The van der Waals surface area contributed by atoms with Gasteiger partial charge in [0.2, 0.25) is 5.91 Å². The summed E-state index contributed by atoms with van der Waals surface area (Å²) in [6, 6.07) is 5.94. The van der Waals surface area contributed by atoms with Gasteiger partial charge in [-0.05, 0) is 42.9 Å². The number of aryl methyl sites for hydroxylation is 1. The first kappa shape index (κ1) is 21.7. The molecule has 0 bridgehead atoms. The van der Waals surface area contributed by atoms with Crippen molar-refractivity contribution in [2.45, 2.75) is 39.5 Å². The average Bonchev–Trinajstić information content (AvgIpc) is 2.65. The lowest BCUT2D eigenvalue weighted by molar-refractivity contribution is -0.146. The van der Waals surface area contributed by atoms with Gasteiger partial charge in [-0.2, -0.15) is 0 Å². The molecule has 1 aromatic rings. The highest BCUT2D eigenvalue weighted by Crippen LogP contribution is 2.27. The fraction of sp³-hybridized carbons (Fsp3) is 0.571. The normalized spacial score (nSPS) is 14.8. The number of likely N-dealkylation sites (N-methyl/N-ethyl adjacent to an activating group) is 1. The van der Waals surface area contributed by atoms with E-state index in [9.17, 15) is 14.4 Å². The molecule has 0 aromatic heterocycles. The molecule has 7 nitrogen and oxygen atoms in total. The maximum absolute atomic E-state index is 12.4. The summed E-state index contributed by atoms with van der Waals surface area (Å²) in [5.41, 5.74) is 2.10.